The van der Waals surface area contributed by atoms with Gasteiger partial charge in [-0.15, -0.1) is 10.2 Å². The van der Waals surface area contributed by atoms with Crippen LogP contribution in [0.2, 0.25) is 0 Å². The largest absolute Gasteiger partial charge is 0.417 e. The molecule has 0 N–H and O–H groups in total. The van der Waals surface area contributed by atoms with E-state index < -0.39 is 17.6 Å². The summed E-state index contributed by atoms with van der Waals surface area (Å²) in [4.78, 5) is 11.4. The maximum absolute atomic E-state index is 14.1. The van der Waals surface area contributed by atoms with Crippen molar-refractivity contribution in [2.45, 2.75) is 12.2 Å². The molecule has 7 nitrogen and oxygen atoms in total. The molecule has 0 unspecified atom stereocenters. The van der Waals surface area contributed by atoms with Gasteiger partial charge in [0.05, 0.1) is 11.6 Å². The lowest BCUT2D eigenvalue weighted by Crippen LogP contribution is -2.59. The summed E-state index contributed by atoms with van der Waals surface area (Å²) in [6, 6.07) is 0.354. The van der Waals surface area contributed by atoms with E-state index in [4.69, 9.17) is 0 Å². The molecule has 1 saturated heterocycles. The number of rotatable bonds is 3. The molecule has 3 aromatic heterocycles. The van der Waals surface area contributed by atoms with Crippen LogP contribution in [0.4, 0.5) is 29.2 Å². The van der Waals surface area contributed by atoms with Crippen LogP contribution in [0, 0.1) is 5.82 Å². The first-order valence-electron chi connectivity index (χ1n) is 7.69. The molecule has 1 fully saturated rings. The molecular weight excluding hydrogens is 354 g/mol. The fourth-order valence-electron chi connectivity index (χ4n) is 2.86. The first-order valence-corrected chi connectivity index (χ1v) is 7.69. The topological polar surface area (TPSA) is 62.5 Å². The Hall–Kier alpha value is -2.98. The van der Waals surface area contributed by atoms with Gasteiger partial charge in [-0.1, -0.05) is 0 Å². The zero-order chi connectivity index (χ0) is 18.5. The van der Waals surface area contributed by atoms with Crippen molar-refractivity contribution in [3.05, 3.63) is 42.4 Å². The predicted octanol–water partition coefficient (Wildman–Crippen LogP) is 2.00. The van der Waals surface area contributed by atoms with Crippen molar-refractivity contribution in [1.29, 1.82) is 0 Å². The monoisotopic (exact) mass is 367 g/mol. The Bertz CT molecular complexity index is 949. The number of hydrogen-bond donors (Lipinski definition) is 0. The number of anilines is 2. The Morgan fingerprint density at radius 1 is 1.23 bits per heavy atom. The molecule has 26 heavy (non-hydrogen) atoms. The maximum Gasteiger partial charge on any atom is 0.417 e. The quantitative estimate of drug-likeness (QED) is 0.660. The van der Waals surface area contributed by atoms with E-state index in [2.05, 4.69) is 20.2 Å². The van der Waals surface area contributed by atoms with Gasteiger partial charge in [0.15, 0.2) is 17.5 Å². The molecule has 0 bridgehead atoms. The molecule has 11 heteroatoms. The molecule has 136 valence electrons. The van der Waals surface area contributed by atoms with E-state index >= 15 is 0 Å². The summed E-state index contributed by atoms with van der Waals surface area (Å²) in [6.45, 7) is 1.02. The van der Waals surface area contributed by atoms with Crippen molar-refractivity contribution >= 4 is 17.3 Å². The summed E-state index contributed by atoms with van der Waals surface area (Å²) in [5, 5.41) is 7.84. The van der Waals surface area contributed by atoms with Crippen LogP contribution >= 0.6 is 0 Å². The van der Waals surface area contributed by atoms with Gasteiger partial charge in [-0.3, -0.25) is 4.40 Å². The second-order valence-corrected chi connectivity index (χ2v) is 6.01. The first kappa shape index (κ1) is 16.5. The van der Waals surface area contributed by atoms with E-state index in [0.717, 1.165) is 0 Å². The minimum absolute atomic E-state index is 0.112. The fraction of sp³-hybridized carbons (Fsp3) is 0.333. The Kier molecular flexibility index (Phi) is 3.67. The van der Waals surface area contributed by atoms with Gasteiger partial charge >= 0.3 is 6.18 Å². The molecule has 0 aromatic carbocycles. The molecule has 0 saturated carbocycles. The molecule has 0 spiro atoms. The third-order valence-corrected chi connectivity index (χ3v) is 4.39. The van der Waals surface area contributed by atoms with Crippen molar-refractivity contribution < 1.29 is 17.6 Å². The van der Waals surface area contributed by atoms with Gasteiger partial charge in [0.1, 0.15) is 6.33 Å². The molecular formula is C15H13F4N7. The Morgan fingerprint density at radius 2 is 2.00 bits per heavy atom. The van der Waals surface area contributed by atoms with Crippen molar-refractivity contribution in [2.75, 3.05) is 29.9 Å². The van der Waals surface area contributed by atoms with Gasteiger partial charge in [-0.25, -0.2) is 14.4 Å². The number of fused-ring (bicyclic) bond motifs is 1. The molecule has 1 aliphatic heterocycles. The highest BCUT2D eigenvalue weighted by Crippen LogP contribution is 2.32. The number of nitrogens with zero attached hydrogens (tertiary/aromatic N) is 7. The zero-order valence-corrected chi connectivity index (χ0v) is 13.5. The van der Waals surface area contributed by atoms with Crippen molar-refractivity contribution in [3.63, 3.8) is 0 Å². The lowest BCUT2D eigenvalue weighted by Gasteiger charge is -2.44. The Balaban J connectivity index is 1.50. The Morgan fingerprint density at radius 3 is 2.69 bits per heavy atom. The molecule has 0 radical (unpaired) electrons. The van der Waals surface area contributed by atoms with E-state index in [0.29, 0.717) is 36.8 Å². The van der Waals surface area contributed by atoms with Gasteiger partial charge in [-0.2, -0.15) is 13.2 Å². The van der Waals surface area contributed by atoms with Gasteiger partial charge in [0, 0.05) is 38.7 Å². The number of aromatic nitrogens is 5. The Labute approximate surface area is 144 Å². The average Bonchev–Trinajstić information content (AvgIpc) is 3.01. The lowest BCUT2D eigenvalue weighted by molar-refractivity contribution is -0.138. The lowest BCUT2D eigenvalue weighted by atomic mass is 10.1. The molecule has 4 rings (SSSR count). The van der Waals surface area contributed by atoms with Crippen LogP contribution in [-0.4, -0.2) is 50.7 Å². The van der Waals surface area contributed by atoms with E-state index in [-0.39, 0.29) is 11.9 Å². The smallest absolute Gasteiger partial charge is 0.351 e. The van der Waals surface area contributed by atoms with E-state index in [9.17, 15) is 17.6 Å². The van der Waals surface area contributed by atoms with Crippen LogP contribution in [0.15, 0.2) is 31.0 Å². The fourth-order valence-corrected chi connectivity index (χ4v) is 2.86. The first-order chi connectivity index (χ1) is 12.3. The van der Waals surface area contributed by atoms with Gasteiger partial charge < -0.3 is 9.80 Å². The molecule has 4 heterocycles. The minimum atomic E-state index is -4.62. The van der Waals surface area contributed by atoms with Crippen molar-refractivity contribution in [3.8, 4) is 0 Å². The highest BCUT2D eigenvalue weighted by molar-refractivity contribution is 5.65. The molecule has 1 aliphatic rings. The SMILES string of the molecule is CN(c1ncc(C(F)(F)F)cc1F)C1CN(c2nccn3cnnc23)C1. The van der Waals surface area contributed by atoms with E-state index in [1.54, 1.807) is 30.2 Å². The molecule has 3 aromatic rings. The summed E-state index contributed by atoms with van der Waals surface area (Å²) >= 11 is 0. The highest BCUT2D eigenvalue weighted by atomic mass is 19.4. The third kappa shape index (κ3) is 2.68. The average molecular weight is 367 g/mol. The molecule has 0 aliphatic carbocycles. The minimum Gasteiger partial charge on any atom is -0.351 e. The van der Waals surface area contributed by atoms with Gasteiger partial charge in [-0.05, 0) is 6.07 Å². The van der Waals surface area contributed by atoms with E-state index in [1.165, 1.54) is 4.90 Å². The number of pyridine rings is 1. The van der Waals surface area contributed by atoms with Gasteiger partial charge in [0.25, 0.3) is 0 Å². The summed E-state index contributed by atoms with van der Waals surface area (Å²) in [5.41, 5.74) is -0.502. The standard InChI is InChI=1S/C15H13F4N7/c1-24(12-11(16)4-9(5-21-12)15(17,18)19)10-6-26(7-10)13-14-23-22-8-25(14)3-2-20-13/h2-5,8,10H,6-7H2,1H3. The van der Waals surface area contributed by atoms with Gasteiger partial charge in [0.2, 0.25) is 5.65 Å². The second-order valence-electron chi connectivity index (χ2n) is 6.01. The zero-order valence-electron chi connectivity index (χ0n) is 13.5. The van der Waals surface area contributed by atoms with Crippen molar-refractivity contribution in [2.24, 2.45) is 0 Å². The van der Waals surface area contributed by atoms with Crippen LogP contribution < -0.4 is 9.80 Å². The summed E-state index contributed by atoms with van der Waals surface area (Å²) < 4.78 is 53.7. The normalized spacial score (nSPS) is 15.3. The number of hydrogen-bond acceptors (Lipinski definition) is 6. The van der Waals surface area contributed by atoms with Crippen LogP contribution in [-0.2, 0) is 6.18 Å². The third-order valence-electron chi connectivity index (χ3n) is 4.39. The summed E-state index contributed by atoms with van der Waals surface area (Å²) in [6.07, 6.45) is 0.930. The van der Waals surface area contributed by atoms with Crippen LogP contribution in [0.1, 0.15) is 5.56 Å². The maximum atomic E-state index is 14.1. The molecule has 0 amide bonds. The predicted molar refractivity (Wildman–Crippen MR) is 84.4 cm³/mol. The number of alkyl halides is 3. The van der Waals surface area contributed by atoms with Crippen molar-refractivity contribution in [1.82, 2.24) is 24.6 Å². The number of halogens is 4. The van der Waals surface area contributed by atoms with Crippen LogP contribution in [0.25, 0.3) is 5.65 Å². The summed E-state index contributed by atoms with van der Waals surface area (Å²) in [7, 11) is 1.60. The molecule has 0 atom stereocenters. The van der Waals surface area contributed by atoms with Crippen LogP contribution in [0.5, 0.6) is 0 Å². The van der Waals surface area contributed by atoms with Crippen LogP contribution in [0.3, 0.4) is 0 Å². The second kappa shape index (κ2) is 5.78. The number of likely N-dealkylation sites (N-methyl/N-ethyl adjacent to an activating group) is 1. The highest BCUT2D eigenvalue weighted by Gasteiger charge is 2.36. The summed E-state index contributed by atoms with van der Waals surface area (Å²) in [5.74, 6) is -0.467. The van der Waals surface area contributed by atoms with E-state index in [1.807, 2.05) is 4.90 Å².